The van der Waals surface area contributed by atoms with E-state index < -0.39 is 0 Å². The van der Waals surface area contributed by atoms with Crippen LogP contribution in [0.1, 0.15) is 32.6 Å². The van der Waals surface area contributed by atoms with Crippen molar-refractivity contribution in [3.8, 4) is 0 Å². The summed E-state index contributed by atoms with van der Waals surface area (Å²) in [7, 11) is 2.20. The lowest BCUT2D eigenvalue weighted by Crippen LogP contribution is -2.54. The second-order valence-electron chi connectivity index (χ2n) is 7.32. The van der Waals surface area contributed by atoms with Crippen LogP contribution < -0.4 is 5.32 Å². The summed E-state index contributed by atoms with van der Waals surface area (Å²) in [6, 6.07) is 0.968. The molecule has 0 aliphatic carbocycles. The lowest BCUT2D eigenvalue weighted by Gasteiger charge is -2.40. The summed E-state index contributed by atoms with van der Waals surface area (Å²) in [5.41, 5.74) is 0. The van der Waals surface area contributed by atoms with E-state index in [0.29, 0.717) is 11.9 Å². The Kier molecular flexibility index (Phi) is 5.37. The molecule has 3 saturated heterocycles. The third-order valence-electron chi connectivity index (χ3n) is 5.75. The molecule has 0 bridgehead atoms. The molecule has 0 aromatic carbocycles. The van der Waals surface area contributed by atoms with Gasteiger partial charge in [0.1, 0.15) is 0 Å². The summed E-state index contributed by atoms with van der Waals surface area (Å²) in [6.07, 6.45) is 4.81. The average molecular weight is 307 g/mol. The number of likely N-dealkylation sites (N-methyl/N-ethyl adjacent to an activating group) is 1. The summed E-state index contributed by atoms with van der Waals surface area (Å²) in [5.74, 6) is 0.406. The molecule has 3 aliphatic rings. The van der Waals surface area contributed by atoms with E-state index in [0.717, 1.165) is 39.1 Å². The molecule has 0 aromatic rings. The van der Waals surface area contributed by atoms with Crippen molar-refractivity contribution in [2.45, 2.75) is 44.7 Å². The van der Waals surface area contributed by atoms with Gasteiger partial charge in [-0.3, -0.25) is 9.69 Å². The molecule has 1 amide bonds. The maximum Gasteiger partial charge on any atom is 0.227 e. The zero-order chi connectivity index (χ0) is 15.5. The van der Waals surface area contributed by atoms with Crippen molar-refractivity contribution in [2.75, 3.05) is 52.9 Å². The van der Waals surface area contributed by atoms with E-state index in [1.54, 1.807) is 0 Å². The number of piperidine rings is 1. The van der Waals surface area contributed by atoms with E-state index in [2.05, 4.69) is 34.0 Å². The third kappa shape index (κ3) is 3.63. The first-order chi connectivity index (χ1) is 10.6. The highest BCUT2D eigenvalue weighted by Crippen LogP contribution is 2.21. The van der Waals surface area contributed by atoms with Crippen molar-refractivity contribution in [3.63, 3.8) is 0 Å². The Morgan fingerprint density at radius 3 is 2.45 bits per heavy atom. The van der Waals surface area contributed by atoms with Crippen LogP contribution in [0.25, 0.3) is 0 Å². The second kappa shape index (κ2) is 7.28. The number of hydrogen-bond donors (Lipinski definition) is 0. The largest absolute Gasteiger partial charge is 0.340 e. The molecule has 125 valence electrons. The number of likely N-dealkylation sites (tertiary alicyclic amines) is 1. The highest BCUT2D eigenvalue weighted by Gasteiger charge is 2.33. The van der Waals surface area contributed by atoms with Gasteiger partial charge in [0, 0.05) is 51.4 Å². The predicted octanol–water partition coefficient (Wildman–Crippen LogP) is 0.628. The van der Waals surface area contributed by atoms with Crippen LogP contribution in [0.15, 0.2) is 0 Å². The van der Waals surface area contributed by atoms with Gasteiger partial charge in [0.2, 0.25) is 5.91 Å². The highest BCUT2D eigenvalue weighted by atomic mass is 16.2. The van der Waals surface area contributed by atoms with E-state index >= 15 is 0 Å². The maximum absolute atomic E-state index is 12.7. The summed E-state index contributed by atoms with van der Waals surface area (Å²) in [5, 5.41) is 4.67. The Morgan fingerprint density at radius 1 is 1.09 bits per heavy atom. The summed E-state index contributed by atoms with van der Waals surface area (Å²) in [4.78, 5) is 19.8. The van der Waals surface area contributed by atoms with Crippen LogP contribution >= 0.6 is 0 Å². The molecule has 1 radical (unpaired) electrons. The standard InChI is InChI=1S/C17H31N4O/c1-14(16-5-3-4-7-18-16)17(22)21-11-9-20(10-12-21)15-6-8-19(2)13-15/h14-16H,3-13H2,1-2H3. The molecule has 0 aromatic heterocycles. The molecule has 0 saturated carbocycles. The molecule has 0 spiro atoms. The minimum atomic E-state index is 0.0736. The highest BCUT2D eigenvalue weighted by molar-refractivity contribution is 5.79. The van der Waals surface area contributed by atoms with Crippen LogP contribution in [-0.2, 0) is 4.79 Å². The molecular weight excluding hydrogens is 276 g/mol. The molecule has 3 heterocycles. The number of carbonyl (C=O) groups excluding carboxylic acids is 1. The maximum atomic E-state index is 12.7. The fraction of sp³-hybridized carbons (Fsp3) is 0.941. The average Bonchev–Trinajstić information content (AvgIpc) is 3.01. The molecule has 5 heteroatoms. The van der Waals surface area contributed by atoms with Gasteiger partial charge >= 0.3 is 0 Å². The van der Waals surface area contributed by atoms with Crippen LogP contribution in [0.3, 0.4) is 0 Å². The second-order valence-corrected chi connectivity index (χ2v) is 7.32. The van der Waals surface area contributed by atoms with Crippen LogP contribution in [0, 0.1) is 5.92 Å². The monoisotopic (exact) mass is 307 g/mol. The molecular formula is C17H31N4O. The first-order valence-electron chi connectivity index (χ1n) is 9.03. The number of nitrogens with zero attached hydrogens (tertiary/aromatic N) is 4. The lowest BCUT2D eigenvalue weighted by atomic mass is 9.92. The topological polar surface area (TPSA) is 40.9 Å². The minimum Gasteiger partial charge on any atom is -0.340 e. The molecule has 3 fully saturated rings. The van der Waals surface area contributed by atoms with E-state index in [4.69, 9.17) is 0 Å². The van der Waals surface area contributed by atoms with E-state index in [1.165, 1.54) is 32.4 Å². The van der Waals surface area contributed by atoms with Crippen molar-refractivity contribution in [1.29, 1.82) is 0 Å². The molecule has 22 heavy (non-hydrogen) atoms. The summed E-state index contributed by atoms with van der Waals surface area (Å²) < 4.78 is 0. The van der Waals surface area contributed by atoms with Crippen LogP contribution in [0.4, 0.5) is 0 Å². The third-order valence-corrected chi connectivity index (χ3v) is 5.75. The van der Waals surface area contributed by atoms with Gasteiger partial charge in [0.15, 0.2) is 0 Å². The normalized spacial score (nSPS) is 33.1. The molecule has 3 unspecified atom stereocenters. The molecule has 0 N–H and O–H groups in total. The fourth-order valence-corrected chi connectivity index (χ4v) is 4.19. The van der Waals surface area contributed by atoms with Crippen LogP contribution in [0.2, 0.25) is 0 Å². The first-order valence-corrected chi connectivity index (χ1v) is 9.03. The smallest absolute Gasteiger partial charge is 0.227 e. The van der Waals surface area contributed by atoms with Crippen molar-refractivity contribution in [3.05, 3.63) is 0 Å². The Hall–Kier alpha value is -0.650. The summed E-state index contributed by atoms with van der Waals surface area (Å²) >= 11 is 0. The van der Waals surface area contributed by atoms with Gasteiger partial charge in [-0.2, -0.15) is 0 Å². The first kappa shape index (κ1) is 16.2. The van der Waals surface area contributed by atoms with E-state index in [1.807, 2.05) is 0 Å². The Morgan fingerprint density at radius 2 is 1.86 bits per heavy atom. The van der Waals surface area contributed by atoms with E-state index in [-0.39, 0.29) is 12.0 Å². The van der Waals surface area contributed by atoms with Gasteiger partial charge < -0.3 is 9.80 Å². The van der Waals surface area contributed by atoms with E-state index in [9.17, 15) is 4.79 Å². The Labute approximate surface area is 135 Å². The zero-order valence-corrected chi connectivity index (χ0v) is 14.2. The Bertz CT molecular complexity index is 375. The molecule has 5 nitrogen and oxygen atoms in total. The van der Waals surface area contributed by atoms with Gasteiger partial charge in [-0.25, -0.2) is 5.32 Å². The number of amides is 1. The van der Waals surface area contributed by atoms with Gasteiger partial charge in [-0.05, 0) is 32.9 Å². The number of rotatable bonds is 3. The molecule has 3 aliphatic heterocycles. The zero-order valence-electron chi connectivity index (χ0n) is 14.2. The number of carbonyl (C=O) groups is 1. The SMILES string of the molecule is CC(C(=O)N1CCN(C2CCN(C)C2)CC1)C1CCCC[N]1. The number of piperazine rings is 1. The van der Waals surface area contributed by atoms with Crippen molar-refractivity contribution in [2.24, 2.45) is 5.92 Å². The van der Waals surface area contributed by atoms with Crippen molar-refractivity contribution in [1.82, 2.24) is 20.0 Å². The Balaban J connectivity index is 1.47. The quantitative estimate of drug-likeness (QED) is 0.768. The van der Waals surface area contributed by atoms with Crippen LogP contribution in [0.5, 0.6) is 0 Å². The fourth-order valence-electron chi connectivity index (χ4n) is 4.19. The molecule has 3 atom stereocenters. The van der Waals surface area contributed by atoms with Gasteiger partial charge in [-0.1, -0.05) is 13.3 Å². The van der Waals surface area contributed by atoms with Crippen molar-refractivity contribution < 1.29 is 4.79 Å². The van der Waals surface area contributed by atoms with Gasteiger partial charge in [0.05, 0.1) is 5.92 Å². The predicted molar refractivity (Wildman–Crippen MR) is 87.9 cm³/mol. The van der Waals surface area contributed by atoms with Gasteiger partial charge in [-0.15, -0.1) is 0 Å². The minimum absolute atomic E-state index is 0.0736. The lowest BCUT2D eigenvalue weighted by molar-refractivity contribution is -0.138. The van der Waals surface area contributed by atoms with Crippen molar-refractivity contribution >= 4 is 5.91 Å². The molecule has 3 rings (SSSR count). The number of hydrogen-bond acceptors (Lipinski definition) is 3. The van der Waals surface area contributed by atoms with Gasteiger partial charge in [0.25, 0.3) is 0 Å². The van der Waals surface area contributed by atoms with Crippen LogP contribution in [-0.4, -0.2) is 85.6 Å². The summed E-state index contributed by atoms with van der Waals surface area (Å²) in [6.45, 7) is 9.31.